The third-order valence-electron chi connectivity index (χ3n) is 3.61. The molecule has 1 saturated heterocycles. The molecule has 0 bridgehead atoms. The van der Waals surface area contributed by atoms with Crippen molar-refractivity contribution in [2.75, 3.05) is 31.5 Å². The largest absolute Gasteiger partial charge is 0.480 e. The van der Waals surface area contributed by atoms with Crippen LogP contribution in [0.1, 0.15) is 18.1 Å². The zero-order chi connectivity index (χ0) is 14.5. The van der Waals surface area contributed by atoms with Crippen LogP contribution in [0.3, 0.4) is 0 Å². The molecule has 5 nitrogen and oxygen atoms in total. The first-order valence-electron chi connectivity index (χ1n) is 7.08. The Balaban J connectivity index is 2.12. The van der Waals surface area contributed by atoms with Gasteiger partial charge in [0.15, 0.2) is 0 Å². The molecule has 0 amide bonds. The van der Waals surface area contributed by atoms with Gasteiger partial charge in [-0.05, 0) is 31.0 Å². The number of aryl methyl sites for hydroxylation is 1. The number of piperazine rings is 1. The number of anilines is 1. The summed E-state index contributed by atoms with van der Waals surface area (Å²) in [7, 11) is 0. The van der Waals surface area contributed by atoms with Crippen LogP contribution in [0.5, 0.6) is 0 Å². The number of benzene rings is 1. The molecule has 1 atom stereocenters. The number of nitrogens with one attached hydrogen (secondary N) is 2. The number of rotatable bonds is 5. The Labute approximate surface area is 120 Å². The van der Waals surface area contributed by atoms with Crippen molar-refractivity contribution >= 4 is 11.7 Å². The van der Waals surface area contributed by atoms with E-state index < -0.39 is 12.0 Å². The molecule has 0 aromatic heterocycles. The molecule has 110 valence electrons. The average Bonchev–Trinajstić information content (AvgIpc) is 2.43. The lowest BCUT2D eigenvalue weighted by atomic mass is 10.1. The summed E-state index contributed by atoms with van der Waals surface area (Å²) in [6, 6.07) is 5.61. The molecule has 1 aromatic carbocycles. The SMILES string of the molecule is Cc1ccc(CN2CCNCC2)c(N[C@@H](C)C(=O)O)c1. The van der Waals surface area contributed by atoms with E-state index in [9.17, 15) is 4.79 Å². The average molecular weight is 277 g/mol. The lowest BCUT2D eigenvalue weighted by molar-refractivity contribution is -0.137. The maximum Gasteiger partial charge on any atom is 0.325 e. The number of aliphatic carboxylic acids is 1. The Hall–Kier alpha value is -1.59. The number of hydrogen-bond acceptors (Lipinski definition) is 4. The number of nitrogens with zero attached hydrogens (tertiary/aromatic N) is 1. The van der Waals surface area contributed by atoms with Gasteiger partial charge in [-0.25, -0.2) is 0 Å². The second-order valence-electron chi connectivity index (χ2n) is 5.39. The first kappa shape index (κ1) is 14.8. The predicted molar refractivity (Wildman–Crippen MR) is 80.0 cm³/mol. The molecule has 1 fully saturated rings. The van der Waals surface area contributed by atoms with Crippen molar-refractivity contribution in [1.29, 1.82) is 0 Å². The third kappa shape index (κ3) is 3.95. The van der Waals surface area contributed by atoms with Crippen LogP contribution >= 0.6 is 0 Å². The molecular weight excluding hydrogens is 254 g/mol. The molecule has 3 N–H and O–H groups in total. The van der Waals surface area contributed by atoms with Crippen LogP contribution in [0, 0.1) is 6.92 Å². The second-order valence-corrected chi connectivity index (χ2v) is 5.39. The summed E-state index contributed by atoms with van der Waals surface area (Å²) in [4.78, 5) is 13.4. The van der Waals surface area contributed by atoms with Crippen LogP contribution in [-0.2, 0) is 11.3 Å². The molecule has 0 unspecified atom stereocenters. The van der Waals surface area contributed by atoms with E-state index in [1.807, 2.05) is 13.0 Å². The van der Waals surface area contributed by atoms with Gasteiger partial charge in [0, 0.05) is 38.4 Å². The van der Waals surface area contributed by atoms with Crippen LogP contribution in [0.2, 0.25) is 0 Å². The van der Waals surface area contributed by atoms with Crippen molar-refractivity contribution in [2.45, 2.75) is 26.4 Å². The van der Waals surface area contributed by atoms with Crippen molar-refractivity contribution in [1.82, 2.24) is 10.2 Å². The molecule has 0 radical (unpaired) electrons. The maximum absolute atomic E-state index is 11.0. The normalized spacial score (nSPS) is 17.7. The number of carboxylic acid groups (broad SMARTS) is 1. The van der Waals surface area contributed by atoms with Gasteiger partial charge < -0.3 is 15.7 Å². The van der Waals surface area contributed by atoms with E-state index >= 15 is 0 Å². The smallest absolute Gasteiger partial charge is 0.325 e. The van der Waals surface area contributed by atoms with Gasteiger partial charge in [-0.1, -0.05) is 12.1 Å². The summed E-state index contributed by atoms with van der Waals surface area (Å²) in [5.74, 6) is -0.834. The number of hydrogen-bond donors (Lipinski definition) is 3. The highest BCUT2D eigenvalue weighted by molar-refractivity contribution is 5.77. The summed E-state index contributed by atoms with van der Waals surface area (Å²) >= 11 is 0. The molecule has 0 saturated carbocycles. The molecule has 1 aliphatic rings. The van der Waals surface area contributed by atoms with Gasteiger partial charge in [0.05, 0.1) is 0 Å². The van der Waals surface area contributed by atoms with Crippen molar-refractivity contribution in [3.05, 3.63) is 29.3 Å². The van der Waals surface area contributed by atoms with E-state index in [2.05, 4.69) is 27.7 Å². The first-order valence-corrected chi connectivity index (χ1v) is 7.08. The van der Waals surface area contributed by atoms with Gasteiger partial charge >= 0.3 is 5.97 Å². The lowest BCUT2D eigenvalue weighted by Crippen LogP contribution is -2.43. The summed E-state index contributed by atoms with van der Waals surface area (Å²) < 4.78 is 0. The fourth-order valence-electron chi connectivity index (χ4n) is 2.37. The van der Waals surface area contributed by atoms with Gasteiger partial charge in [-0.15, -0.1) is 0 Å². The zero-order valence-corrected chi connectivity index (χ0v) is 12.1. The maximum atomic E-state index is 11.0. The lowest BCUT2D eigenvalue weighted by Gasteiger charge is -2.28. The van der Waals surface area contributed by atoms with Gasteiger partial charge in [0.2, 0.25) is 0 Å². The first-order chi connectivity index (χ1) is 9.56. The minimum absolute atomic E-state index is 0.585. The predicted octanol–water partition coefficient (Wildman–Crippen LogP) is 1.29. The van der Waals surface area contributed by atoms with Crippen molar-refractivity contribution in [2.24, 2.45) is 0 Å². The monoisotopic (exact) mass is 277 g/mol. The van der Waals surface area contributed by atoms with Gasteiger partial charge in [-0.2, -0.15) is 0 Å². The van der Waals surface area contributed by atoms with E-state index in [4.69, 9.17) is 5.11 Å². The fraction of sp³-hybridized carbons (Fsp3) is 0.533. The van der Waals surface area contributed by atoms with E-state index in [1.54, 1.807) is 6.92 Å². The number of carboxylic acids is 1. The zero-order valence-electron chi connectivity index (χ0n) is 12.1. The second kappa shape index (κ2) is 6.72. The standard InChI is InChI=1S/C15H23N3O2/c1-11-3-4-13(10-18-7-5-16-6-8-18)14(9-11)17-12(2)15(19)20/h3-4,9,12,16-17H,5-8,10H2,1-2H3,(H,19,20)/t12-/m0/s1. The molecule has 2 rings (SSSR count). The summed E-state index contributed by atoms with van der Waals surface area (Å²) in [5, 5.41) is 15.5. The molecule has 5 heteroatoms. The van der Waals surface area contributed by atoms with Crippen LogP contribution in [0.15, 0.2) is 18.2 Å². The van der Waals surface area contributed by atoms with Gasteiger partial charge in [0.1, 0.15) is 6.04 Å². The van der Waals surface area contributed by atoms with Crippen molar-refractivity contribution < 1.29 is 9.90 Å². The summed E-state index contributed by atoms with van der Waals surface area (Å²) in [6.45, 7) is 8.63. The van der Waals surface area contributed by atoms with Crippen LogP contribution in [0.25, 0.3) is 0 Å². The van der Waals surface area contributed by atoms with Gasteiger partial charge in [0.25, 0.3) is 0 Å². The Morgan fingerprint density at radius 3 is 2.80 bits per heavy atom. The molecule has 1 aromatic rings. The van der Waals surface area contributed by atoms with Gasteiger partial charge in [-0.3, -0.25) is 9.69 Å². The Bertz CT molecular complexity index is 470. The van der Waals surface area contributed by atoms with E-state index in [0.717, 1.165) is 49.5 Å². The molecule has 1 aliphatic heterocycles. The Kier molecular flexibility index (Phi) is 4.98. The highest BCUT2D eigenvalue weighted by Gasteiger charge is 2.15. The third-order valence-corrected chi connectivity index (χ3v) is 3.61. The molecule has 0 aliphatic carbocycles. The fourth-order valence-corrected chi connectivity index (χ4v) is 2.37. The highest BCUT2D eigenvalue weighted by Crippen LogP contribution is 2.20. The topological polar surface area (TPSA) is 64.6 Å². The summed E-state index contributed by atoms with van der Waals surface area (Å²) in [5.41, 5.74) is 3.22. The van der Waals surface area contributed by atoms with E-state index in [-0.39, 0.29) is 0 Å². The highest BCUT2D eigenvalue weighted by atomic mass is 16.4. The Morgan fingerprint density at radius 1 is 1.45 bits per heavy atom. The van der Waals surface area contributed by atoms with Crippen LogP contribution in [0.4, 0.5) is 5.69 Å². The quantitative estimate of drug-likeness (QED) is 0.757. The summed E-state index contributed by atoms with van der Waals surface area (Å²) in [6.07, 6.45) is 0. The van der Waals surface area contributed by atoms with Crippen LogP contribution in [-0.4, -0.2) is 48.2 Å². The minimum Gasteiger partial charge on any atom is -0.480 e. The molecule has 20 heavy (non-hydrogen) atoms. The Morgan fingerprint density at radius 2 is 2.15 bits per heavy atom. The molecular formula is C15H23N3O2. The van der Waals surface area contributed by atoms with E-state index in [1.165, 1.54) is 0 Å². The molecule has 0 spiro atoms. The van der Waals surface area contributed by atoms with Crippen molar-refractivity contribution in [3.63, 3.8) is 0 Å². The molecule has 1 heterocycles. The van der Waals surface area contributed by atoms with E-state index in [0.29, 0.717) is 0 Å². The number of carbonyl (C=O) groups is 1. The van der Waals surface area contributed by atoms with Crippen molar-refractivity contribution in [3.8, 4) is 0 Å². The van der Waals surface area contributed by atoms with Crippen LogP contribution < -0.4 is 10.6 Å². The minimum atomic E-state index is -0.834.